The van der Waals surface area contributed by atoms with Crippen molar-refractivity contribution in [2.45, 2.75) is 6.42 Å². The van der Waals surface area contributed by atoms with Gasteiger partial charge in [-0.1, -0.05) is 41.7 Å². The van der Waals surface area contributed by atoms with E-state index < -0.39 is 0 Å². The highest BCUT2D eigenvalue weighted by molar-refractivity contribution is 7.22. The van der Waals surface area contributed by atoms with Gasteiger partial charge in [0.05, 0.1) is 23.2 Å². The number of hydrogen-bond acceptors (Lipinski definition) is 5. The zero-order valence-electron chi connectivity index (χ0n) is 17.1. The van der Waals surface area contributed by atoms with Crippen LogP contribution in [-0.2, 0) is 11.2 Å². The number of hydrogen-bond donors (Lipinski definition) is 1. The molecule has 2 heterocycles. The number of fused-ring (bicyclic) bond motifs is 4. The van der Waals surface area contributed by atoms with Crippen LogP contribution in [0.25, 0.3) is 21.3 Å². The van der Waals surface area contributed by atoms with Gasteiger partial charge in [0.25, 0.3) is 0 Å². The van der Waals surface area contributed by atoms with E-state index >= 15 is 0 Å². The third kappa shape index (κ3) is 3.15. The minimum absolute atomic E-state index is 0.0213. The molecule has 1 saturated heterocycles. The average Bonchev–Trinajstić information content (AvgIpc) is 3.32. The van der Waals surface area contributed by atoms with Gasteiger partial charge in [0.2, 0.25) is 5.91 Å². The number of carbonyl (C=O) groups excluding carboxylic acids is 1. The highest BCUT2D eigenvalue weighted by Crippen LogP contribution is 2.38. The van der Waals surface area contributed by atoms with Gasteiger partial charge in [0.1, 0.15) is 5.75 Å². The molecule has 6 heteroatoms. The molecule has 2 aliphatic rings. The Morgan fingerprint density at radius 2 is 1.90 bits per heavy atom. The third-order valence-corrected chi connectivity index (χ3v) is 7.26. The van der Waals surface area contributed by atoms with Crippen molar-refractivity contribution in [3.63, 3.8) is 0 Å². The summed E-state index contributed by atoms with van der Waals surface area (Å²) in [4.78, 5) is 19.7. The quantitative estimate of drug-likeness (QED) is 0.441. The highest BCUT2D eigenvalue weighted by atomic mass is 32.1. The van der Waals surface area contributed by atoms with E-state index in [-0.39, 0.29) is 11.8 Å². The fraction of sp³-hybridized carbons (Fsp3) is 0.200. The van der Waals surface area contributed by atoms with Crippen molar-refractivity contribution in [3.05, 3.63) is 71.8 Å². The van der Waals surface area contributed by atoms with Crippen molar-refractivity contribution in [2.24, 2.45) is 5.92 Å². The number of thiazole rings is 1. The number of rotatable bonds is 4. The van der Waals surface area contributed by atoms with E-state index in [1.165, 1.54) is 22.3 Å². The van der Waals surface area contributed by atoms with E-state index in [0.717, 1.165) is 33.2 Å². The second-order valence-corrected chi connectivity index (χ2v) is 9.14. The summed E-state index contributed by atoms with van der Waals surface area (Å²) >= 11 is 1.65. The summed E-state index contributed by atoms with van der Waals surface area (Å²) in [5.41, 5.74) is 7.02. The van der Waals surface area contributed by atoms with Crippen molar-refractivity contribution in [3.8, 4) is 16.9 Å². The van der Waals surface area contributed by atoms with Crippen LogP contribution in [0.1, 0.15) is 11.1 Å². The number of ether oxygens (including phenoxy) is 1. The number of anilines is 2. The maximum Gasteiger partial charge on any atom is 0.231 e. The lowest BCUT2D eigenvalue weighted by atomic mass is 9.99. The van der Waals surface area contributed by atoms with Crippen LogP contribution in [0.15, 0.2) is 60.7 Å². The van der Waals surface area contributed by atoms with Crippen LogP contribution in [0.2, 0.25) is 0 Å². The summed E-state index contributed by atoms with van der Waals surface area (Å²) in [5, 5.41) is 4.08. The molecule has 1 amide bonds. The smallest absolute Gasteiger partial charge is 0.231 e. The van der Waals surface area contributed by atoms with Crippen LogP contribution in [0.5, 0.6) is 5.75 Å². The Labute approximate surface area is 184 Å². The van der Waals surface area contributed by atoms with Crippen LogP contribution in [0.3, 0.4) is 0 Å². The first-order chi connectivity index (χ1) is 15.2. The van der Waals surface area contributed by atoms with Gasteiger partial charge in [-0.25, -0.2) is 4.98 Å². The van der Waals surface area contributed by atoms with Crippen LogP contribution in [0, 0.1) is 5.92 Å². The van der Waals surface area contributed by atoms with Gasteiger partial charge in [0.15, 0.2) is 5.13 Å². The second-order valence-electron chi connectivity index (χ2n) is 8.13. The number of methoxy groups -OCH3 is 1. The largest absolute Gasteiger partial charge is 0.497 e. The van der Waals surface area contributed by atoms with Gasteiger partial charge in [-0.2, -0.15) is 0 Å². The number of aromatic nitrogens is 1. The van der Waals surface area contributed by atoms with Gasteiger partial charge in [-0.3, -0.25) is 4.79 Å². The van der Waals surface area contributed by atoms with Gasteiger partial charge in [-0.15, -0.1) is 0 Å². The summed E-state index contributed by atoms with van der Waals surface area (Å²) in [5.74, 6) is 0.865. The molecule has 0 spiro atoms. The Balaban J connectivity index is 1.12. The van der Waals surface area contributed by atoms with Gasteiger partial charge in [-0.05, 0) is 52.9 Å². The monoisotopic (exact) mass is 427 g/mol. The first-order valence-corrected chi connectivity index (χ1v) is 11.2. The predicted molar refractivity (Wildman–Crippen MR) is 125 cm³/mol. The van der Waals surface area contributed by atoms with Gasteiger partial charge >= 0.3 is 0 Å². The number of amides is 1. The molecule has 0 radical (unpaired) electrons. The fourth-order valence-corrected chi connectivity index (χ4v) is 5.39. The maximum atomic E-state index is 12.8. The molecule has 31 heavy (non-hydrogen) atoms. The van der Waals surface area contributed by atoms with Crippen molar-refractivity contribution in [1.29, 1.82) is 0 Å². The Hall–Kier alpha value is -3.38. The Morgan fingerprint density at radius 1 is 1.06 bits per heavy atom. The predicted octanol–water partition coefficient (Wildman–Crippen LogP) is 4.95. The summed E-state index contributed by atoms with van der Waals surface area (Å²) in [7, 11) is 1.66. The van der Waals surface area contributed by atoms with Crippen molar-refractivity contribution >= 4 is 38.3 Å². The highest BCUT2D eigenvalue weighted by Gasteiger charge is 2.34. The number of nitrogens with zero attached hydrogens (tertiary/aromatic N) is 2. The van der Waals surface area contributed by atoms with E-state index in [1.54, 1.807) is 18.4 Å². The number of nitrogens with one attached hydrogen (secondary N) is 1. The van der Waals surface area contributed by atoms with Crippen LogP contribution >= 0.6 is 11.3 Å². The number of carbonyl (C=O) groups is 1. The van der Waals surface area contributed by atoms with Crippen molar-refractivity contribution in [1.82, 2.24) is 4.98 Å². The topological polar surface area (TPSA) is 54.5 Å². The normalized spacial score (nSPS) is 14.8. The molecule has 1 N–H and O–H groups in total. The average molecular weight is 428 g/mol. The molecule has 1 fully saturated rings. The second kappa shape index (κ2) is 7.10. The molecular weight excluding hydrogens is 406 g/mol. The first kappa shape index (κ1) is 18.4. The molecule has 5 nitrogen and oxygen atoms in total. The molecule has 1 aliphatic carbocycles. The molecule has 0 unspecified atom stereocenters. The van der Waals surface area contributed by atoms with E-state index in [0.29, 0.717) is 13.1 Å². The van der Waals surface area contributed by atoms with E-state index in [9.17, 15) is 4.79 Å². The lowest BCUT2D eigenvalue weighted by Crippen LogP contribution is -2.52. The molecule has 3 aromatic carbocycles. The van der Waals surface area contributed by atoms with E-state index in [4.69, 9.17) is 9.72 Å². The molecule has 6 rings (SSSR count). The minimum Gasteiger partial charge on any atom is -0.497 e. The molecule has 0 atom stereocenters. The molecule has 154 valence electrons. The minimum atomic E-state index is -0.0213. The lowest BCUT2D eigenvalue weighted by Gasteiger charge is -2.37. The van der Waals surface area contributed by atoms with Crippen molar-refractivity contribution in [2.75, 3.05) is 30.4 Å². The number of benzene rings is 3. The summed E-state index contributed by atoms with van der Waals surface area (Å²) in [6.45, 7) is 1.39. The van der Waals surface area contributed by atoms with Crippen LogP contribution in [-0.4, -0.2) is 31.1 Å². The first-order valence-electron chi connectivity index (χ1n) is 10.4. The van der Waals surface area contributed by atoms with E-state index in [2.05, 4.69) is 46.6 Å². The molecule has 0 bridgehead atoms. The SMILES string of the molecule is COc1ccc2sc(N3CC(C(=O)Nc4ccc5c(c4)Cc4ccccc4-5)C3)nc2c1. The standard InChI is InChI=1S/C25H21N3O2S/c1-30-19-7-9-23-22(12-19)27-25(31-23)28-13-17(14-28)24(29)26-18-6-8-21-16(11-18)10-15-4-2-3-5-20(15)21/h2-9,11-12,17H,10,13-14H2,1H3,(H,26,29). The Kier molecular flexibility index (Phi) is 4.21. The summed E-state index contributed by atoms with van der Waals surface area (Å²) < 4.78 is 6.41. The Bertz CT molecular complexity index is 1320. The lowest BCUT2D eigenvalue weighted by molar-refractivity contribution is -0.120. The molecular formula is C25H21N3O2S. The van der Waals surface area contributed by atoms with E-state index in [1.807, 2.05) is 24.3 Å². The zero-order valence-corrected chi connectivity index (χ0v) is 17.9. The van der Waals surface area contributed by atoms with Gasteiger partial charge < -0.3 is 15.0 Å². The van der Waals surface area contributed by atoms with Crippen molar-refractivity contribution < 1.29 is 9.53 Å². The fourth-order valence-electron chi connectivity index (χ4n) is 4.43. The summed E-state index contributed by atoms with van der Waals surface area (Å²) in [6, 6.07) is 20.7. The Morgan fingerprint density at radius 3 is 2.77 bits per heavy atom. The molecule has 1 aliphatic heterocycles. The maximum absolute atomic E-state index is 12.8. The third-order valence-electron chi connectivity index (χ3n) is 6.17. The zero-order chi connectivity index (χ0) is 20.9. The van der Waals surface area contributed by atoms with Crippen LogP contribution < -0.4 is 15.0 Å². The molecule has 1 aromatic heterocycles. The van der Waals surface area contributed by atoms with Gasteiger partial charge in [0, 0.05) is 24.8 Å². The molecule has 4 aromatic rings. The molecule has 0 saturated carbocycles. The summed E-state index contributed by atoms with van der Waals surface area (Å²) in [6.07, 6.45) is 0.925. The van der Waals surface area contributed by atoms with Crippen LogP contribution in [0.4, 0.5) is 10.8 Å².